The van der Waals surface area contributed by atoms with E-state index in [4.69, 9.17) is 0 Å². The summed E-state index contributed by atoms with van der Waals surface area (Å²) in [7, 11) is 1.36. The average molecular weight is 333 g/mol. The summed E-state index contributed by atoms with van der Waals surface area (Å²) in [4.78, 5) is 14.3. The Labute approximate surface area is 127 Å². The molecule has 0 spiro atoms. The summed E-state index contributed by atoms with van der Waals surface area (Å²) in [5.41, 5.74) is 0.173. The van der Waals surface area contributed by atoms with Crippen LogP contribution in [0.25, 0.3) is 11.4 Å². The van der Waals surface area contributed by atoms with E-state index in [0.29, 0.717) is 5.56 Å². The fraction of sp³-hybridized carbons (Fsp3) is 0.308. The number of nitrogens with zero attached hydrogens (tertiary/aromatic N) is 2. The summed E-state index contributed by atoms with van der Waals surface area (Å²) >= 11 is 0. The van der Waals surface area contributed by atoms with Gasteiger partial charge in [0.1, 0.15) is 12.4 Å². The SMILES string of the molecule is COCC(=O)NCc1ccc(-c2noc(C(F)(F)F)n2)c(F)c1. The number of rotatable bonds is 5. The maximum absolute atomic E-state index is 14.0. The molecular weight excluding hydrogens is 322 g/mol. The number of aromatic nitrogens is 2. The molecule has 1 heterocycles. The van der Waals surface area contributed by atoms with Crippen molar-refractivity contribution in [3.05, 3.63) is 35.5 Å². The zero-order valence-corrected chi connectivity index (χ0v) is 11.8. The van der Waals surface area contributed by atoms with Gasteiger partial charge in [0.15, 0.2) is 0 Å². The second kappa shape index (κ2) is 6.73. The van der Waals surface area contributed by atoms with Crippen molar-refractivity contribution in [1.82, 2.24) is 15.5 Å². The Balaban J connectivity index is 2.13. The summed E-state index contributed by atoms with van der Waals surface area (Å²) in [6, 6.07) is 3.69. The highest BCUT2D eigenvalue weighted by molar-refractivity contribution is 5.77. The fourth-order valence-electron chi connectivity index (χ4n) is 1.68. The van der Waals surface area contributed by atoms with Crippen molar-refractivity contribution in [3.63, 3.8) is 0 Å². The first-order valence-corrected chi connectivity index (χ1v) is 6.26. The van der Waals surface area contributed by atoms with E-state index in [0.717, 1.165) is 6.07 Å². The van der Waals surface area contributed by atoms with Crippen molar-refractivity contribution in [2.24, 2.45) is 0 Å². The van der Waals surface area contributed by atoms with Crippen LogP contribution >= 0.6 is 0 Å². The molecule has 0 aliphatic heterocycles. The first-order chi connectivity index (χ1) is 10.8. The number of alkyl halides is 3. The number of carbonyl (C=O) groups is 1. The van der Waals surface area contributed by atoms with Crippen LogP contribution in [-0.2, 0) is 22.3 Å². The Kier molecular flexibility index (Phi) is 4.94. The summed E-state index contributed by atoms with van der Waals surface area (Å²) in [6.07, 6.45) is -4.80. The summed E-state index contributed by atoms with van der Waals surface area (Å²) in [6.45, 7) is -0.0942. The van der Waals surface area contributed by atoms with Crippen LogP contribution in [0.1, 0.15) is 11.5 Å². The number of methoxy groups -OCH3 is 1. The lowest BCUT2D eigenvalue weighted by Gasteiger charge is -2.06. The normalized spacial score (nSPS) is 11.5. The van der Waals surface area contributed by atoms with Gasteiger partial charge in [0.05, 0.1) is 5.56 Å². The van der Waals surface area contributed by atoms with Crippen molar-refractivity contribution in [1.29, 1.82) is 0 Å². The Hall–Kier alpha value is -2.49. The van der Waals surface area contributed by atoms with Gasteiger partial charge in [-0.2, -0.15) is 18.2 Å². The van der Waals surface area contributed by atoms with E-state index < -0.39 is 23.7 Å². The molecule has 10 heteroatoms. The maximum Gasteiger partial charge on any atom is 0.471 e. The van der Waals surface area contributed by atoms with Gasteiger partial charge in [0.2, 0.25) is 11.7 Å². The molecule has 1 amide bonds. The lowest BCUT2D eigenvalue weighted by molar-refractivity contribution is -0.159. The molecule has 1 N–H and O–H groups in total. The molecule has 2 aromatic rings. The fourth-order valence-corrected chi connectivity index (χ4v) is 1.68. The van der Waals surface area contributed by atoms with Gasteiger partial charge in [-0.15, -0.1) is 0 Å². The first kappa shape index (κ1) is 16.9. The van der Waals surface area contributed by atoms with E-state index in [9.17, 15) is 22.4 Å². The standard InChI is InChI=1S/C13H11F4N3O3/c1-22-6-10(21)18-5-7-2-3-8(9(14)4-7)11-19-12(23-20-11)13(15,16)17/h2-4H,5-6H2,1H3,(H,18,21). The van der Waals surface area contributed by atoms with Crippen LogP contribution in [-0.4, -0.2) is 29.8 Å². The van der Waals surface area contributed by atoms with Gasteiger partial charge < -0.3 is 14.6 Å². The highest BCUT2D eigenvalue weighted by Gasteiger charge is 2.38. The summed E-state index contributed by atoms with van der Waals surface area (Å²) in [5, 5.41) is 5.59. The highest BCUT2D eigenvalue weighted by Crippen LogP contribution is 2.30. The zero-order valence-electron chi connectivity index (χ0n) is 11.8. The van der Waals surface area contributed by atoms with Crippen LogP contribution < -0.4 is 5.32 Å². The quantitative estimate of drug-likeness (QED) is 0.849. The molecule has 23 heavy (non-hydrogen) atoms. The van der Waals surface area contributed by atoms with Crippen LogP contribution in [0.15, 0.2) is 22.7 Å². The third kappa shape index (κ3) is 4.25. The molecular formula is C13H11F4N3O3. The number of benzene rings is 1. The molecule has 2 rings (SSSR count). The summed E-state index contributed by atoms with van der Waals surface area (Å²) in [5.74, 6) is -3.28. The molecule has 0 fully saturated rings. The number of nitrogens with one attached hydrogen (secondary N) is 1. The third-order valence-corrected chi connectivity index (χ3v) is 2.71. The Morgan fingerprint density at radius 3 is 2.70 bits per heavy atom. The zero-order chi connectivity index (χ0) is 17.0. The third-order valence-electron chi connectivity index (χ3n) is 2.71. The number of ether oxygens (including phenoxy) is 1. The van der Waals surface area contributed by atoms with Crippen LogP contribution in [0.3, 0.4) is 0 Å². The van der Waals surface area contributed by atoms with Crippen molar-refractivity contribution in [2.45, 2.75) is 12.7 Å². The van der Waals surface area contributed by atoms with E-state index in [1.165, 1.54) is 19.2 Å². The highest BCUT2D eigenvalue weighted by atomic mass is 19.4. The van der Waals surface area contributed by atoms with Crippen molar-refractivity contribution >= 4 is 5.91 Å². The van der Waals surface area contributed by atoms with Crippen LogP contribution in [0.4, 0.5) is 17.6 Å². The summed E-state index contributed by atoms with van der Waals surface area (Å²) < 4.78 is 59.8. The van der Waals surface area contributed by atoms with Crippen LogP contribution in [0.2, 0.25) is 0 Å². The first-order valence-electron chi connectivity index (χ1n) is 6.26. The predicted octanol–water partition coefficient (Wildman–Crippen LogP) is 2.16. The molecule has 124 valence electrons. The maximum atomic E-state index is 14.0. The molecule has 0 radical (unpaired) electrons. The minimum atomic E-state index is -4.80. The lowest BCUT2D eigenvalue weighted by atomic mass is 10.1. The number of hydrogen-bond donors (Lipinski definition) is 1. The van der Waals surface area contributed by atoms with E-state index in [2.05, 4.69) is 24.7 Å². The molecule has 1 aromatic carbocycles. The minimum absolute atomic E-state index is 0.0411. The molecule has 0 unspecified atom stereocenters. The van der Waals surface area contributed by atoms with Gasteiger partial charge in [0.25, 0.3) is 0 Å². The van der Waals surface area contributed by atoms with Gasteiger partial charge >= 0.3 is 12.1 Å². The van der Waals surface area contributed by atoms with Gasteiger partial charge in [0, 0.05) is 13.7 Å². The molecule has 0 atom stereocenters. The smallest absolute Gasteiger partial charge is 0.375 e. The molecule has 0 saturated carbocycles. The van der Waals surface area contributed by atoms with Crippen molar-refractivity contribution in [3.8, 4) is 11.4 Å². The van der Waals surface area contributed by atoms with E-state index in [1.54, 1.807) is 0 Å². The molecule has 0 saturated heterocycles. The van der Waals surface area contributed by atoms with Gasteiger partial charge in [-0.3, -0.25) is 4.79 Å². The Morgan fingerprint density at radius 2 is 2.13 bits per heavy atom. The number of halogens is 4. The second-order valence-electron chi connectivity index (χ2n) is 4.44. The van der Waals surface area contributed by atoms with Crippen molar-refractivity contribution < 1.29 is 31.6 Å². The molecule has 6 nitrogen and oxygen atoms in total. The number of amides is 1. The Morgan fingerprint density at radius 1 is 1.39 bits per heavy atom. The minimum Gasteiger partial charge on any atom is -0.375 e. The van der Waals surface area contributed by atoms with E-state index in [-0.39, 0.29) is 24.6 Å². The Bertz CT molecular complexity index is 700. The lowest BCUT2D eigenvalue weighted by Crippen LogP contribution is -2.26. The molecule has 1 aromatic heterocycles. The second-order valence-corrected chi connectivity index (χ2v) is 4.44. The van der Waals surface area contributed by atoms with E-state index >= 15 is 0 Å². The molecule has 0 aliphatic carbocycles. The van der Waals surface area contributed by atoms with Gasteiger partial charge in [-0.05, 0) is 17.7 Å². The van der Waals surface area contributed by atoms with Gasteiger partial charge in [-0.1, -0.05) is 11.2 Å². The van der Waals surface area contributed by atoms with Crippen LogP contribution in [0, 0.1) is 5.82 Å². The largest absolute Gasteiger partial charge is 0.471 e. The van der Waals surface area contributed by atoms with Gasteiger partial charge in [-0.25, -0.2) is 4.39 Å². The monoisotopic (exact) mass is 333 g/mol. The molecule has 0 bridgehead atoms. The average Bonchev–Trinajstić information content (AvgIpc) is 2.95. The number of hydrogen-bond acceptors (Lipinski definition) is 5. The van der Waals surface area contributed by atoms with E-state index in [1.807, 2.05) is 0 Å². The topological polar surface area (TPSA) is 77.2 Å². The predicted molar refractivity (Wildman–Crippen MR) is 68.4 cm³/mol. The number of carbonyl (C=O) groups excluding carboxylic acids is 1. The molecule has 0 aliphatic rings. The van der Waals surface area contributed by atoms with Crippen molar-refractivity contribution in [2.75, 3.05) is 13.7 Å². The van der Waals surface area contributed by atoms with Crippen LogP contribution in [0.5, 0.6) is 0 Å².